The van der Waals surface area contributed by atoms with Gasteiger partial charge in [0, 0.05) is 25.7 Å². The molecule has 1 aromatic rings. The van der Waals surface area contributed by atoms with E-state index in [0.29, 0.717) is 30.4 Å². The summed E-state index contributed by atoms with van der Waals surface area (Å²) in [4.78, 5) is 17.6. The molecule has 21 heavy (non-hydrogen) atoms. The third kappa shape index (κ3) is 3.01. The van der Waals surface area contributed by atoms with Crippen molar-refractivity contribution in [3.8, 4) is 0 Å². The first-order chi connectivity index (χ1) is 10.3. The van der Waals surface area contributed by atoms with E-state index in [4.69, 9.17) is 5.84 Å². The number of aliphatic hydroxyl groups is 1. The van der Waals surface area contributed by atoms with Crippen molar-refractivity contribution in [2.45, 2.75) is 38.1 Å². The summed E-state index contributed by atoms with van der Waals surface area (Å²) in [7, 11) is 0. The Bertz CT molecular complexity index is 474. The normalized spacial score (nSPS) is 18.7. The van der Waals surface area contributed by atoms with E-state index in [1.165, 1.54) is 6.42 Å². The molecule has 0 spiro atoms. The van der Waals surface area contributed by atoms with E-state index in [1.54, 1.807) is 0 Å². The number of nitrogens with one attached hydrogen (secondary N) is 1. The standard InChI is InChI=1S/C13H23N7O/c14-18-11-15-12(19-6-1-2-7-19)17-13(16-11)20(8-9-21)10-4-3-5-10/h10,21H,1-9,14H2,(H,15,16,17,18). The van der Waals surface area contributed by atoms with Crippen molar-refractivity contribution in [2.75, 3.05) is 41.5 Å². The van der Waals surface area contributed by atoms with Crippen LogP contribution in [0.4, 0.5) is 17.8 Å². The van der Waals surface area contributed by atoms with Crippen molar-refractivity contribution in [2.24, 2.45) is 5.84 Å². The van der Waals surface area contributed by atoms with Gasteiger partial charge in [-0.1, -0.05) is 0 Å². The average molecular weight is 293 g/mol. The van der Waals surface area contributed by atoms with Crippen LogP contribution in [0.5, 0.6) is 0 Å². The molecule has 1 aromatic heterocycles. The molecule has 2 fully saturated rings. The van der Waals surface area contributed by atoms with Crippen LogP contribution in [0.2, 0.25) is 0 Å². The largest absolute Gasteiger partial charge is 0.395 e. The highest BCUT2D eigenvalue weighted by atomic mass is 16.3. The molecule has 1 aliphatic carbocycles. The number of nitrogens with zero attached hydrogens (tertiary/aromatic N) is 5. The van der Waals surface area contributed by atoms with Gasteiger partial charge in [-0.3, -0.25) is 5.43 Å². The lowest BCUT2D eigenvalue weighted by molar-refractivity contribution is 0.282. The van der Waals surface area contributed by atoms with Crippen LogP contribution in [0, 0.1) is 0 Å². The molecule has 0 radical (unpaired) electrons. The summed E-state index contributed by atoms with van der Waals surface area (Å²) in [5.74, 6) is 7.16. The fraction of sp³-hybridized carbons (Fsp3) is 0.769. The van der Waals surface area contributed by atoms with E-state index >= 15 is 0 Å². The molecule has 0 aromatic carbocycles. The molecule has 0 unspecified atom stereocenters. The Hall–Kier alpha value is -1.67. The van der Waals surface area contributed by atoms with Crippen LogP contribution in [0.15, 0.2) is 0 Å². The van der Waals surface area contributed by atoms with Crippen LogP contribution in [-0.2, 0) is 0 Å². The van der Waals surface area contributed by atoms with Gasteiger partial charge in [0.15, 0.2) is 0 Å². The summed E-state index contributed by atoms with van der Waals surface area (Å²) in [5, 5.41) is 9.31. The quantitative estimate of drug-likeness (QED) is 0.501. The van der Waals surface area contributed by atoms with Crippen molar-refractivity contribution in [1.82, 2.24) is 15.0 Å². The molecule has 2 heterocycles. The lowest BCUT2D eigenvalue weighted by Gasteiger charge is -2.37. The summed E-state index contributed by atoms with van der Waals surface area (Å²) in [6.45, 7) is 2.57. The second-order valence-corrected chi connectivity index (χ2v) is 5.60. The van der Waals surface area contributed by atoms with E-state index in [9.17, 15) is 5.11 Å². The van der Waals surface area contributed by atoms with Gasteiger partial charge in [0.25, 0.3) is 0 Å². The van der Waals surface area contributed by atoms with Gasteiger partial charge in [-0.15, -0.1) is 0 Å². The molecule has 3 rings (SSSR count). The third-order valence-corrected chi connectivity index (χ3v) is 4.24. The molecule has 1 saturated heterocycles. The lowest BCUT2D eigenvalue weighted by atomic mass is 9.92. The highest BCUT2D eigenvalue weighted by molar-refractivity contribution is 5.46. The van der Waals surface area contributed by atoms with E-state index in [1.807, 2.05) is 0 Å². The molecule has 8 nitrogen and oxygen atoms in total. The van der Waals surface area contributed by atoms with Crippen LogP contribution in [0.25, 0.3) is 0 Å². The van der Waals surface area contributed by atoms with E-state index in [-0.39, 0.29) is 6.61 Å². The van der Waals surface area contributed by atoms with Gasteiger partial charge in [0.05, 0.1) is 6.61 Å². The Morgan fingerprint density at radius 3 is 2.52 bits per heavy atom. The van der Waals surface area contributed by atoms with Gasteiger partial charge in [-0.2, -0.15) is 15.0 Å². The Kier molecular flexibility index (Phi) is 4.35. The predicted molar refractivity (Wildman–Crippen MR) is 81.2 cm³/mol. The minimum atomic E-state index is 0.0899. The molecule has 116 valence electrons. The van der Waals surface area contributed by atoms with Crippen molar-refractivity contribution < 1.29 is 5.11 Å². The number of aliphatic hydroxyl groups excluding tert-OH is 1. The number of anilines is 3. The monoisotopic (exact) mass is 293 g/mol. The van der Waals surface area contributed by atoms with Gasteiger partial charge in [-0.05, 0) is 32.1 Å². The summed E-state index contributed by atoms with van der Waals surface area (Å²) < 4.78 is 0. The topological polar surface area (TPSA) is 103 Å². The lowest BCUT2D eigenvalue weighted by Crippen LogP contribution is -2.43. The molecule has 0 amide bonds. The summed E-state index contributed by atoms with van der Waals surface area (Å²) >= 11 is 0. The van der Waals surface area contributed by atoms with E-state index in [2.05, 4.69) is 30.2 Å². The number of rotatable bonds is 6. The fourth-order valence-electron chi connectivity index (χ4n) is 2.86. The van der Waals surface area contributed by atoms with Gasteiger partial charge >= 0.3 is 0 Å². The predicted octanol–water partition coefficient (Wildman–Crippen LogP) is 0.109. The molecule has 1 saturated carbocycles. The van der Waals surface area contributed by atoms with E-state index < -0.39 is 0 Å². The number of nitrogens with two attached hydrogens (primary N) is 1. The second-order valence-electron chi connectivity index (χ2n) is 5.60. The summed E-state index contributed by atoms with van der Waals surface area (Å²) in [5.41, 5.74) is 2.53. The highest BCUT2D eigenvalue weighted by Gasteiger charge is 2.28. The molecule has 4 N–H and O–H groups in total. The van der Waals surface area contributed by atoms with Crippen molar-refractivity contribution in [3.05, 3.63) is 0 Å². The van der Waals surface area contributed by atoms with Crippen LogP contribution in [0.1, 0.15) is 32.1 Å². The molecule has 1 aliphatic heterocycles. The molecule has 0 atom stereocenters. The number of hydrogen-bond acceptors (Lipinski definition) is 8. The first kappa shape index (κ1) is 14.3. The number of hydrazine groups is 1. The summed E-state index contributed by atoms with van der Waals surface area (Å²) in [6.07, 6.45) is 5.79. The van der Waals surface area contributed by atoms with Gasteiger partial charge in [0.1, 0.15) is 0 Å². The first-order valence-corrected chi connectivity index (χ1v) is 7.67. The van der Waals surface area contributed by atoms with Gasteiger partial charge in [-0.25, -0.2) is 5.84 Å². The molecule has 2 aliphatic rings. The first-order valence-electron chi connectivity index (χ1n) is 7.67. The SMILES string of the molecule is NNc1nc(N2CCCC2)nc(N(CCO)C2CCC2)n1. The smallest absolute Gasteiger partial charge is 0.243 e. The summed E-state index contributed by atoms with van der Waals surface area (Å²) in [6, 6.07) is 0.414. The second kappa shape index (κ2) is 6.40. The van der Waals surface area contributed by atoms with Crippen molar-refractivity contribution >= 4 is 17.8 Å². The number of hydrogen-bond donors (Lipinski definition) is 3. The van der Waals surface area contributed by atoms with Crippen LogP contribution in [-0.4, -0.2) is 52.3 Å². The average Bonchev–Trinajstić information content (AvgIpc) is 2.98. The maximum atomic E-state index is 9.31. The maximum absolute atomic E-state index is 9.31. The Morgan fingerprint density at radius 2 is 1.95 bits per heavy atom. The van der Waals surface area contributed by atoms with Gasteiger partial charge in [0.2, 0.25) is 17.8 Å². The fourth-order valence-corrected chi connectivity index (χ4v) is 2.86. The zero-order chi connectivity index (χ0) is 14.7. The Labute approximate surface area is 124 Å². The zero-order valence-electron chi connectivity index (χ0n) is 12.2. The third-order valence-electron chi connectivity index (χ3n) is 4.24. The van der Waals surface area contributed by atoms with Gasteiger partial charge < -0.3 is 14.9 Å². The minimum Gasteiger partial charge on any atom is -0.395 e. The molecular formula is C13H23N7O. The highest BCUT2D eigenvalue weighted by Crippen LogP contribution is 2.29. The zero-order valence-corrected chi connectivity index (χ0v) is 12.2. The molecular weight excluding hydrogens is 270 g/mol. The maximum Gasteiger partial charge on any atom is 0.243 e. The number of nitrogen functional groups attached to an aromatic ring is 1. The van der Waals surface area contributed by atoms with E-state index in [0.717, 1.165) is 38.8 Å². The van der Waals surface area contributed by atoms with Crippen LogP contribution in [0.3, 0.4) is 0 Å². The Morgan fingerprint density at radius 1 is 1.19 bits per heavy atom. The Balaban J connectivity index is 1.89. The minimum absolute atomic E-state index is 0.0899. The van der Waals surface area contributed by atoms with Crippen molar-refractivity contribution in [1.29, 1.82) is 0 Å². The molecule has 0 bridgehead atoms. The molecule has 8 heteroatoms. The van der Waals surface area contributed by atoms with Crippen LogP contribution < -0.4 is 21.1 Å². The number of aromatic nitrogens is 3. The van der Waals surface area contributed by atoms with Crippen molar-refractivity contribution in [3.63, 3.8) is 0 Å². The van der Waals surface area contributed by atoms with Crippen LogP contribution >= 0.6 is 0 Å².